The first-order valence-corrected chi connectivity index (χ1v) is 6.70. The molecule has 1 fully saturated rings. The molecule has 1 unspecified atom stereocenters. The summed E-state index contributed by atoms with van der Waals surface area (Å²) >= 11 is 0. The molecule has 2 N–H and O–H groups in total. The molecule has 0 spiro atoms. The van der Waals surface area contributed by atoms with Gasteiger partial charge in [-0.15, -0.1) is 0 Å². The van der Waals surface area contributed by atoms with E-state index < -0.39 is 16.6 Å². The molecule has 6 heteroatoms. The molecule has 1 amide bonds. The van der Waals surface area contributed by atoms with E-state index in [4.69, 9.17) is 9.88 Å². The van der Waals surface area contributed by atoms with Crippen molar-refractivity contribution in [2.24, 2.45) is 5.14 Å². The molecule has 5 nitrogen and oxygen atoms in total. The molecule has 0 radical (unpaired) electrons. The van der Waals surface area contributed by atoms with Gasteiger partial charge >= 0.3 is 6.09 Å². The number of ether oxygens (including phenoxy) is 1. The zero-order chi connectivity index (χ0) is 12.3. The third-order valence-corrected chi connectivity index (χ3v) is 3.55. The first kappa shape index (κ1) is 13.4. The van der Waals surface area contributed by atoms with E-state index in [9.17, 15) is 9.00 Å². The van der Waals surface area contributed by atoms with E-state index in [1.807, 2.05) is 20.8 Å². The summed E-state index contributed by atoms with van der Waals surface area (Å²) in [6.07, 6.45) is 1.07. The molecule has 0 saturated carbocycles. The Morgan fingerprint density at radius 2 is 1.88 bits per heavy atom. The van der Waals surface area contributed by atoms with Crippen molar-refractivity contribution >= 4 is 17.1 Å². The predicted octanol–water partition coefficient (Wildman–Crippen LogP) is 1.01. The zero-order valence-corrected chi connectivity index (χ0v) is 10.9. The summed E-state index contributed by atoms with van der Waals surface area (Å²) < 4.78 is 16.3. The SMILES string of the molecule is CC(C)(C)OC(=O)N1CCC(S(N)=O)CC1. The molecule has 1 aliphatic heterocycles. The smallest absolute Gasteiger partial charge is 0.410 e. The van der Waals surface area contributed by atoms with Gasteiger partial charge in [-0.05, 0) is 33.6 Å². The summed E-state index contributed by atoms with van der Waals surface area (Å²) in [5.41, 5.74) is -0.468. The van der Waals surface area contributed by atoms with Gasteiger partial charge in [0.2, 0.25) is 0 Å². The Hall–Kier alpha value is -0.620. The molecule has 0 aromatic carbocycles. The first-order chi connectivity index (χ1) is 7.29. The standard InChI is InChI=1S/C10H20N2O3S/c1-10(2,3)15-9(13)12-6-4-8(5-7-12)16(11)14/h8H,4-7,11H2,1-3H3. The summed E-state index contributed by atoms with van der Waals surface area (Å²) in [5.74, 6) is 0. The monoisotopic (exact) mass is 248 g/mol. The van der Waals surface area contributed by atoms with Gasteiger partial charge in [0.05, 0.1) is 16.2 Å². The fraction of sp³-hybridized carbons (Fsp3) is 0.900. The zero-order valence-electron chi connectivity index (χ0n) is 10.1. The predicted molar refractivity (Wildman–Crippen MR) is 63.2 cm³/mol. The Bertz CT molecular complexity index is 280. The van der Waals surface area contributed by atoms with Crippen LogP contribution < -0.4 is 5.14 Å². The van der Waals surface area contributed by atoms with Crippen molar-refractivity contribution in [2.75, 3.05) is 13.1 Å². The molecule has 1 saturated heterocycles. The molecule has 94 valence electrons. The van der Waals surface area contributed by atoms with E-state index in [2.05, 4.69) is 0 Å². The van der Waals surface area contributed by atoms with Crippen LogP contribution in [0.2, 0.25) is 0 Å². The topological polar surface area (TPSA) is 72.6 Å². The lowest BCUT2D eigenvalue weighted by Crippen LogP contribution is -2.44. The number of nitrogens with two attached hydrogens (primary N) is 1. The molecule has 0 aromatic heterocycles. The van der Waals surface area contributed by atoms with Crippen LogP contribution in [0.25, 0.3) is 0 Å². The average molecular weight is 248 g/mol. The number of rotatable bonds is 1. The van der Waals surface area contributed by atoms with E-state index in [-0.39, 0.29) is 11.3 Å². The number of likely N-dealkylation sites (tertiary alicyclic amines) is 1. The van der Waals surface area contributed by atoms with Gasteiger partial charge in [0, 0.05) is 13.1 Å². The van der Waals surface area contributed by atoms with E-state index >= 15 is 0 Å². The van der Waals surface area contributed by atoms with Crippen LogP contribution in [-0.2, 0) is 15.7 Å². The number of amides is 1. The molecule has 0 aliphatic carbocycles. The minimum absolute atomic E-state index is 0.0127. The lowest BCUT2D eigenvalue weighted by atomic mass is 10.1. The van der Waals surface area contributed by atoms with E-state index in [0.29, 0.717) is 25.9 Å². The minimum Gasteiger partial charge on any atom is -0.444 e. The summed E-state index contributed by atoms with van der Waals surface area (Å²) in [5, 5.41) is 5.34. The van der Waals surface area contributed by atoms with Crippen LogP contribution in [0.1, 0.15) is 33.6 Å². The highest BCUT2D eigenvalue weighted by molar-refractivity contribution is 7.83. The largest absolute Gasteiger partial charge is 0.444 e. The average Bonchev–Trinajstić information content (AvgIpc) is 2.15. The van der Waals surface area contributed by atoms with Crippen LogP contribution in [-0.4, -0.2) is 39.1 Å². The maximum atomic E-state index is 11.7. The Balaban J connectivity index is 2.42. The number of piperidine rings is 1. The van der Waals surface area contributed by atoms with Gasteiger partial charge in [0.1, 0.15) is 5.60 Å². The lowest BCUT2D eigenvalue weighted by Gasteiger charge is -2.32. The van der Waals surface area contributed by atoms with Crippen LogP contribution in [0.4, 0.5) is 4.79 Å². The molecule has 0 aromatic rings. The Morgan fingerprint density at radius 1 is 1.38 bits per heavy atom. The van der Waals surface area contributed by atoms with Crippen LogP contribution in [0.15, 0.2) is 0 Å². The second kappa shape index (κ2) is 5.14. The lowest BCUT2D eigenvalue weighted by molar-refractivity contribution is 0.0218. The highest BCUT2D eigenvalue weighted by Crippen LogP contribution is 2.17. The molecule has 1 heterocycles. The van der Waals surface area contributed by atoms with Crippen molar-refractivity contribution in [3.63, 3.8) is 0 Å². The van der Waals surface area contributed by atoms with Crippen molar-refractivity contribution < 1.29 is 13.7 Å². The fourth-order valence-corrected chi connectivity index (χ4v) is 2.27. The third kappa shape index (κ3) is 4.09. The van der Waals surface area contributed by atoms with Crippen LogP contribution in [0.5, 0.6) is 0 Å². The highest BCUT2D eigenvalue weighted by Gasteiger charge is 2.28. The van der Waals surface area contributed by atoms with Gasteiger partial charge in [0.15, 0.2) is 0 Å². The molecule has 0 bridgehead atoms. The molecule has 1 rings (SSSR count). The maximum Gasteiger partial charge on any atom is 0.410 e. The van der Waals surface area contributed by atoms with Gasteiger partial charge in [-0.1, -0.05) is 0 Å². The first-order valence-electron chi connectivity index (χ1n) is 5.42. The number of nitrogens with zero attached hydrogens (tertiary/aromatic N) is 1. The van der Waals surface area contributed by atoms with E-state index in [0.717, 1.165) is 0 Å². The Morgan fingerprint density at radius 3 is 2.25 bits per heavy atom. The number of hydrogen-bond acceptors (Lipinski definition) is 3. The maximum absolute atomic E-state index is 11.7. The quantitative estimate of drug-likeness (QED) is 0.752. The molecule has 16 heavy (non-hydrogen) atoms. The van der Waals surface area contributed by atoms with Gasteiger partial charge < -0.3 is 9.64 Å². The molecular weight excluding hydrogens is 228 g/mol. The second-order valence-corrected chi connectivity index (χ2v) is 6.32. The summed E-state index contributed by atoms with van der Waals surface area (Å²) in [4.78, 5) is 13.3. The Kier molecular flexibility index (Phi) is 4.32. The van der Waals surface area contributed by atoms with Gasteiger partial charge in [-0.25, -0.2) is 9.00 Å². The van der Waals surface area contributed by atoms with Crippen molar-refractivity contribution in [3.05, 3.63) is 0 Å². The Labute approximate surface area is 98.9 Å². The number of carbonyl (C=O) groups excluding carboxylic acids is 1. The highest BCUT2D eigenvalue weighted by atomic mass is 32.2. The van der Waals surface area contributed by atoms with E-state index in [1.54, 1.807) is 4.90 Å². The molecule has 1 atom stereocenters. The minimum atomic E-state index is -1.28. The van der Waals surface area contributed by atoms with Crippen molar-refractivity contribution in [3.8, 4) is 0 Å². The summed E-state index contributed by atoms with van der Waals surface area (Å²) in [6, 6.07) is 0. The summed E-state index contributed by atoms with van der Waals surface area (Å²) in [7, 11) is -1.28. The van der Waals surface area contributed by atoms with E-state index in [1.165, 1.54) is 0 Å². The van der Waals surface area contributed by atoms with Crippen molar-refractivity contribution in [1.29, 1.82) is 0 Å². The molecular formula is C10H20N2O3S. The van der Waals surface area contributed by atoms with Gasteiger partial charge in [-0.3, -0.25) is 5.14 Å². The van der Waals surface area contributed by atoms with Crippen LogP contribution in [0, 0.1) is 0 Å². The van der Waals surface area contributed by atoms with Gasteiger partial charge in [-0.2, -0.15) is 0 Å². The second-order valence-electron chi connectivity index (χ2n) is 5.00. The van der Waals surface area contributed by atoms with Gasteiger partial charge in [0.25, 0.3) is 0 Å². The van der Waals surface area contributed by atoms with Crippen LogP contribution >= 0.6 is 0 Å². The summed E-state index contributed by atoms with van der Waals surface area (Å²) in [6.45, 7) is 6.66. The third-order valence-electron chi connectivity index (χ3n) is 2.42. The fourth-order valence-electron chi connectivity index (χ4n) is 1.60. The normalized spacial score (nSPS) is 20.6. The van der Waals surface area contributed by atoms with Crippen LogP contribution in [0.3, 0.4) is 0 Å². The number of carbonyl (C=O) groups is 1. The van der Waals surface area contributed by atoms with Crippen molar-refractivity contribution in [2.45, 2.75) is 44.5 Å². The molecule has 1 aliphatic rings. The number of hydrogen-bond donors (Lipinski definition) is 1. The van der Waals surface area contributed by atoms with Crippen molar-refractivity contribution in [1.82, 2.24) is 4.90 Å².